The first-order valence-corrected chi connectivity index (χ1v) is 7.30. The van der Waals surface area contributed by atoms with E-state index in [0.717, 1.165) is 18.0 Å². The molecule has 3 rings (SSSR count). The van der Waals surface area contributed by atoms with E-state index in [1.807, 2.05) is 6.07 Å². The number of ether oxygens (including phenoxy) is 2. The molecule has 24 heavy (non-hydrogen) atoms. The van der Waals surface area contributed by atoms with Crippen molar-refractivity contribution in [1.29, 1.82) is 0 Å². The van der Waals surface area contributed by atoms with Crippen LogP contribution in [0, 0.1) is 0 Å². The van der Waals surface area contributed by atoms with Crippen LogP contribution in [0.4, 0.5) is 14.5 Å². The molecule has 2 aromatic rings. The van der Waals surface area contributed by atoms with Gasteiger partial charge < -0.3 is 14.8 Å². The van der Waals surface area contributed by atoms with Crippen molar-refractivity contribution in [3.05, 3.63) is 47.5 Å². The van der Waals surface area contributed by atoms with Gasteiger partial charge in [0.2, 0.25) is 0 Å². The van der Waals surface area contributed by atoms with Gasteiger partial charge in [0.1, 0.15) is 23.5 Å². The van der Waals surface area contributed by atoms with Crippen LogP contribution in [0.15, 0.2) is 30.6 Å². The van der Waals surface area contributed by atoms with E-state index < -0.39 is 18.0 Å². The van der Waals surface area contributed by atoms with E-state index in [0.29, 0.717) is 24.5 Å². The molecule has 0 saturated heterocycles. The van der Waals surface area contributed by atoms with Gasteiger partial charge in [-0.25, -0.2) is 18.7 Å². The second kappa shape index (κ2) is 6.88. The van der Waals surface area contributed by atoms with Crippen molar-refractivity contribution in [3.8, 4) is 5.75 Å². The van der Waals surface area contributed by atoms with E-state index in [-0.39, 0.29) is 11.8 Å². The molecule has 0 fully saturated rings. The maximum absolute atomic E-state index is 12.7. The molecule has 8 heteroatoms. The standard InChI is InChI=1S/C16H15F2N3O3/c1-23-13-5-6-24-14-9(13)3-2-4-10(14)21-16(22)12-7-11(15(17)18)19-8-20-12/h2-4,7-8,13,15H,5-6H2,1H3,(H,21,22). The minimum atomic E-state index is -2.77. The molecule has 1 atom stereocenters. The molecule has 0 saturated carbocycles. The molecule has 6 nitrogen and oxygen atoms in total. The predicted octanol–water partition coefficient (Wildman–Crippen LogP) is 3.14. The second-order valence-electron chi connectivity index (χ2n) is 5.17. The zero-order valence-corrected chi connectivity index (χ0v) is 12.8. The summed E-state index contributed by atoms with van der Waals surface area (Å²) in [5.41, 5.74) is 0.631. The average molecular weight is 335 g/mol. The minimum Gasteiger partial charge on any atom is -0.491 e. The van der Waals surface area contributed by atoms with Crippen LogP contribution in [-0.2, 0) is 4.74 Å². The number of anilines is 1. The second-order valence-corrected chi connectivity index (χ2v) is 5.17. The van der Waals surface area contributed by atoms with E-state index in [4.69, 9.17) is 9.47 Å². The molecule has 1 unspecified atom stereocenters. The number of alkyl halides is 2. The largest absolute Gasteiger partial charge is 0.491 e. The third kappa shape index (κ3) is 3.18. The monoisotopic (exact) mass is 335 g/mol. The van der Waals surface area contributed by atoms with Crippen LogP contribution in [0.1, 0.15) is 40.7 Å². The number of aromatic nitrogens is 2. The Balaban J connectivity index is 1.86. The number of amides is 1. The highest BCUT2D eigenvalue weighted by Gasteiger charge is 2.24. The summed E-state index contributed by atoms with van der Waals surface area (Å²) in [4.78, 5) is 19.5. The van der Waals surface area contributed by atoms with Crippen molar-refractivity contribution in [1.82, 2.24) is 9.97 Å². The lowest BCUT2D eigenvalue weighted by Gasteiger charge is -2.26. The molecule has 0 aliphatic carbocycles. The third-order valence-corrected chi connectivity index (χ3v) is 3.70. The van der Waals surface area contributed by atoms with Gasteiger partial charge in [0.05, 0.1) is 18.4 Å². The van der Waals surface area contributed by atoms with E-state index in [1.165, 1.54) is 0 Å². The number of hydrogen-bond acceptors (Lipinski definition) is 5. The molecule has 1 aromatic heterocycles. The molecule has 126 valence electrons. The first kappa shape index (κ1) is 16.3. The van der Waals surface area contributed by atoms with Crippen LogP contribution >= 0.6 is 0 Å². The lowest BCUT2D eigenvalue weighted by Crippen LogP contribution is -2.19. The van der Waals surface area contributed by atoms with E-state index in [2.05, 4.69) is 15.3 Å². The third-order valence-electron chi connectivity index (χ3n) is 3.70. The number of para-hydroxylation sites is 1. The molecule has 0 spiro atoms. The van der Waals surface area contributed by atoms with Crippen LogP contribution in [-0.4, -0.2) is 29.6 Å². The Morgan fingerprint density at radius 1 is 1.42 bits per heavy atom. The van der Waals surface area contributed by atoms with Gasteiger partial charge in [-0.15, -0.1) is 0 Å². The fraction of sp³-hybridized carbons (Fsp3) is 0.312. The minimum absolute atomic E-state index is 0.116. The molecular formula is C16H15F2N3O3. The number of methoxy groups -OCH3 is 1. The average Bonchev–Trinajstić information content (AvgIpc) is 2.61. The van der Waals surface area contributed by atoms with Gasteiger partial charge in [0.25, 0.3) is 12.3 Å². The normalized spacial score (nSPS) is 16.4. The fourth-order valence-electron chi connectivity index (χ4n) is 2.54. The van der Waals surface area contributed by atoms with Crippen LogP contribution < -0.4 is 10.1 Å². The summed E-state index contributed by atoms with van der Waals surface area (Å²) in [5, 5.41) is 2.64. The van der Waals surface area contributed by atoms with Gasteiger partial charge in [0, 0.05) is 19.1 Å². The quantitative estimate of drug-likeness (QED) is 0.929. The Kier molecular flexibility index (Phi) is 4.66. The lowest BCUT2D eigenvalue weighted by atomic mass is 10.0. The van der Waals surface area contributed by atoms with Crippen molar-refractivity contribution in [2.24, 2.45) is 0 Å². The van der Waals surface area contributed by atoms with Gasteiger partial charge in [-0.3, -0.25) is 4.79 Å². The Hall–Kier alpha value is -2.61. The summed E-state index contributed by atoms with van der Waals surface area (Å²) in [5.74, 6) is -0.0945. The first-order valence-electron chi connectivity index (χ1n) is 7.30. The lowest BCUT2D eigenvalue weighted by molar-refractivity contribution is 0.0639. The van der Waals surface area contributed by atoms with Gasteiger partial charge in [-0.1, -0.05) is 12.1 Å². The summed E-state index contributed by atoms with van der Waals surface area (Å²) >= 11 is 0. The summed E-state index contributed by atoms with van der Waals surface area (Å²) in [7, 11) is 1.61. The molecule has 1 aliphatic heterocycles. The van der Waals surface area contributed by atoms with E-state index in [9.17, 15) is 13.6 Å². The fourth-order valence-corrected chi connectivity index (χ4v) is 2.54. The number of halogens is 2. The number of carbonyl (C=O) groups excluding carboxylic acids is 1. The predicted molar refractivity (Wildman–Crippen MR) is 81.2 cm³/mol. The van der Waals surface area contributed by atoms with Crippen LogP contribution in [0.25, 0.3) is 0 Å². The molecular weight excluding hydrogens is 320 g/mol. The summed E-state index contributed by atoms with van der Waals surface area (Å²) in [6.07, 6.45) is -1.23. The molecule has 1 N–H and O–H groups in total. The van der Waals surface area contributed by atoms with Gasteiger partial charge in [0.15, 0.2) is 0 Å². The van der Waals surface area contributed by atoms with Crippen molar-refractivity contribution < 1.29 is 23.0 Å². The number of carbonyl (C=O) groups is 1. The Labute approximate surface area is 136 Å². The maximum atomic E-state index is 12.7. The number of benzene rings is 1. The van der Waals surface area contributed by atoms with E-state index >= 15 is 0 Å². The molecule has 2 heterocycles. The SMILES string of the molecule is COC1CCOc2c(NC(=O)c3cc(C(F)F)ncn3)cccc21. The Bertz CT molecular complexity index is 755. The summed E-state index contributed by atoms with van der Waals surface area (Å²) < 4.78 is 36.4. The zero-order chi connectivity index (χ0) is 17.1. The van der Waals surface area contributed by atoms with Crippen LogP contribution in [0.3, 0.4) is 0 Å². The summed E-state index contributed by atoms with van der Waals surface area (Å²) in [6, 6.07) is 6.26. The number of nitrogens with zero attached hydrogens (tertiary/aromatic N) is 2. The van der Waals surface area contributed by atoms with Crippen LogP contribution in [0.2, 0.25) is 0 Å². The van der Waals surface area contributed by atoms with Gasteiger partial charge >= 0.3 is 0 Å². The molecule has 1 aliphatic rings. The number of hydrogen-bond donors (Lipinski definition) is 1. The topological polar surface area (TPSA) is 73.3 Å². The van der Waals surface area contributed by atoms with Crippen LogP contribution in [0.5, 0.6) is 5.75 Å². The van der Waals surface area contributed by atoms with Crippen molar-refractivity contribution in [3.63, 3.8) is 0 Å². The molecule has 0 radical (unpaired) electrons. The van der Waals surface area contributed by atoms with Crippen molar-refractivity contribution >= 4 is 11.6 Å². The molecule has 1 aromatic carbocycles. The number of fused-ring (bicyclic) bond motifs is 1. The maximum Gasteiger partial charge on any atom is 0.280 e. The zero-order valence-electron chi connectivity index (χ0n) is 12.8. The molecule has 0 bridgehead atoms. The highest BCUT2D eigenvalue weighted by Crippen LogP contribution is 2.39. The Morgan fingerprint density at radius 2 is 2.25 bits per heavy atom. The highest BCUT2D eigenvalue weighted by molar-refractivity contribution is 6.03. The number of nitrogens with one attached hydrogen (secondary N) is 1. The van der Waals surface area contributed by atoms with Gasteiger partial charge in [-0.05, 0) is 12.1 Å². The number of rotatable bonds is 4. The highest BCUT2D eigenvalue weighted by atomic mass is 19.3. The van der Waals surface area contributed by atoms with Crippen molar-refractivity contribution in [2.75, 3.05) is 19.0 Å². The van der Waals surface area contributed by atoms with Gasteiger partial charge in [-0.2, -0.15) is 0 Å². The van der Waals surface area contributed by atoms with E-state index in [1.54, 1.807) is 19.2 Å². The smallest absolute Gasteiger partial charge is 0.280 e. The Morgan fingerprint density at radius 3 is 3.00 bits per heavy atom. The molecule has 1 amide bonds. The first-order chi connectivity index (χ1) is 11.6. The van der Waals surface area contributed by atoms with Crippen molar-refractivity contribution in [2.45, 2.75) is 19.0 Å². The summed E-state index contributed by atoms with van der Waals surface area (Å²) in [6.45, 7) is 0.460.